The van der Waals surface area contributed by atoms with Gasteiger partial charge in [0.15, 0.2) is 0 Å². The van der Waals surface area contributed by atoms with Crippen molar-refractivity contribution in [3.63, 3.8) is 0 Å². The molecular formula is C17H22N4O3. The summed E-state index contributed by atoms with van der Waals surface area (Å²) in [6.07, 6.45) is 5.68. The Morgan fingerprint density at radius 1 is 1.21 bits per heavy atom. The summed E-state index contributed by atoms with van der Waals surface area (Å²) in [7, 11) is 0. The van der Waals surface area contributed by atoms with Gasteiger partial charge in [0, 0.05) is 19.3 Å². The van der Waals surface area contributed by atoms with Crippen LogP contribution in [0.1, 0.15) is 49.9 Å². The Balaban J connectivity index is 1.85. The molecule has 24 heavy (non-hydrogen) atoms. The zero-order chi connectivity index (χ0) is 17.3. The molecule has 0 radical (unpaired) electrons. The highest BCUT2D eigenvalue weighted by molar-refractivity contribution is 5.96. The fourth-order valence-corrected chi connectivity index (χ4v) is 3.49. The molecule has 1 aliphatic heterocycles. The van der Waals surface area contributed by atoms with E-state index in [0.717, 1.165) is 38.8 Å². The number of nitrogens with one attached hydrogen (secondary N) is 2. The van der Waals surface area contributed by atoms with Crippen molar-refractivity contribution in [2.24, 2.45) is 5.41 Å². The lowest BCUT2D eigenvalue weighted by atomic mass is 9.74. The van der Waals surface area contributed by atoms with Gasteiger partial charge in [0.05, 0.1) is 10.9 Å². The van der Waals surface area contributed by atoms with Gasteiger partial charge >= 0.3 is 5.69 Å². The third-order valence-corrected chi connectivity index (χ3v) is 5.45. The summed E-state index contributed by atoms with van der Waals surface area (Å²) >= 11 is 0. The summed E-state index contributed by atoms with van der Waals surface area (Å²) in [5, 5.41) is 0.217. The highest BCUT2D eigenvalue weighted by atomic mass is 16.2. The molecule has 0 bridgehead atoms. The summed E-state index contributed by atoms with van der Waals surface area (Å²) in [4.78, 5) is 46.3. The molecule has 128 valence electrons. The van der Waals surface area contributed by atoms with Crippen molar-refractivity contribution in [3.05, 3.63) is 38.7 Å². The van der Waals surface area contributed by atoms with Crippen LogP contribution in [-0.2, 0) is 0 Å². The molecule has 2 aromatic heterocycles. The topological polar surface area (TPSA) is 98.9 Å². The largest absolute Gasteiger partial charge is 0.339 e. The Labute approximate surface area is 139 Å². The zero-order valence-corrected chi connectivity index (χ0v) is 14.0. The van der Waals surface area contributed by atoms with Gasteiger partial charge in [-0.3, -0.25) is 19.6 Å². The zero-order valence-electron chi connectivity index (χ0n) is 14.0. The smallest absolute Gasteiger partial charge is 0.327 e. The van der Waals surface area contributed by atoms with Gasteiger partial charge in [-0.2, -0.15) is 0 Å². The average molecular weight is 330 g/mol. The van der Waals surface area contributed by atoms with Crippen molar-refractivity contribution >= 4 is 16.9 Å². The van der Waals surface area contributed by atoms with E-state index in [1.165, 1.54) is 12.3 Å². The van der Waals surface area contributed by atoms with E-state index < -0.39 is 11.2 Å². The van der Waals surface area contributed by atoms with Crippen LogP contribution in [-0.4, -0.2) is 38.8 Å². The molecule has 1 saturated heterocycles. The first kappa shape index (κ1) is 16.4. The van der Waals surface area contributed by atoms with Gasteiger partial charge in [-0.1, -0.05) is 26.7 Å². The molecule has 0 unspecified atom stereocenters. The number of H-pyrrole nitrogens is 2. The third-order valence-electron chi connectivity index (χ3n) is 5.45. The third kappa shape index (κ3) is 2.86. The second kappa shape index (κ2) is 6.22. The first-order valence-corrected chi connectivity index (χ1v) is 8.39. The number of carbonyl (C=O) groups excluding carboxylic acids is 1. The Bertz CT molecular complexity index is 869. The molecule has 3 heterocycles. The predicted octanol–water partition coefficient (Wildman–Crippen LogP) is 1.65. The minimum Gasteiger partial charge on any atom is -0.339 e. The minimum absolute atomic E-state index is 0.115. The van der Waals surface area contributed by atoms with Crippen LogP contribution in [0.4, 0.5) is 0 Å². The van der Waals surface area contributed by atoms with E-state index in [4.69, 9.17) is 0 Å². The maximum atomic E-state index is 12.7. The summed E-state index contributed by atoms with van der Waals surface area (Å²) in [6.45, 7) is 5.86. The van der Waals surface area contributed by atoms with Crippen molar-refractivity contribution in [2.45, 2.75) is 39.5 Å². The average Bonchev–Trinajstić information content (AvgIpc) is 2.61. The monoisotopic (exact) mass is 330 g/mol. The number of aromatic nitrogens is 3. The lowest BCUT2D eigenvalue weighted by Gasteiger charge is -2.41. The first-order chi connectivity index (χ1) is 11.5. The van der Waals surface area contributed by atoms with Crippen LogP contribution in [0.5, 0.6) is 0 Å². The number of rotatable bonds is 3. The molecule has 0 saturated carbocycles. The molecule has 0 aromatic carbocycles. The van der Waals surface area contributed by atoms with Crippen LogP contribution in [0.2, 0.25) is 0 Å². The van der Waals surface area contributed by atoms with Crippen molar-refractivity contribution in [2.75, 3.05) is 13.1 Å². The van der Waals surface area contributed by atoms with Gasteiger partial charge in [0.1, 0.15) is 5.65 Å². The summed E-state index contributed by atoms with van der Waals surface area (Å²) < 4.78 is 0. The second-order valence-corrected chi connectivity index (χ2v) is 6.53. The van der Waals surface area contributed by atoms with Crippen LogP contribution in [0.25, 0.3) is 11.0 Å². The maximum absolute atomic E-state index is 12.7. The highest BCUT2D eigenvalue weighted by Crippen LogP contribution is 2.38. The summed E-state index contributed by atoms with van der Waals surface area (Å²) in [5.41, 5.74) is -0.235. The highest BCUT2D eigenvalue weighted by Gasteiger charge is 2.33. The lowest BCUT2D eigenvalue weighted by molar-refractivity contribution is 0.0557. The molecule has 0 aliphatic carbocycles. The van der Waals surface area contributed by atoms with Crippen LogP contribution in [0, 0.1) is 5.41 Å². The normalized spacial score (nSPS) is 17.2. The molecule has 0 atom stereocenters. The van der Waals surface area contributed by atoms with Gasteiger partial charge < -0.3 is 4.90 Å². The number of likely N-dealkylation sites (tertiary alicyclic amines) is 1. The van der Waals surface area contributed by atoms with Crippen molar-refractivity contribution in [1.82, 2.24) is 19.9 Å². The molecule has 1 aliphatic rings. The molecule has 2 aromatic rings. The lowest BCUT2D eigenvalue weighted by Crippen LogP contribution is -2.42. The summed E-state index contributed by atoms with van der Waals surface area (Å²) in [5.74, 6) is -0.115. The number of pyridine rings is 1. The van der Waals surface area contributed by atoms with E-state index in [0.29, 0.717) is 11.0 Å². The minimum atomic E-state index is -0.606. The molecule has 3 rings (SSSR count). The predicted molar refractivity (Wildman–Crippen MR) is 91.1 cm³/mol. The van der Waals surface area contributed by atoms with E-state index >= 15 is 0 Å². The van der Waals surface area contributed by atoms with Crippen molar-refractivity contribution in [3.8, 4) is 0 Å². The number of amides is 1. The molecule has 7 nitrogen and oxygen atoms in total. The van der Waals surface area contributed by atoms with Crippen LogP contribution in [0.15, 0.2) is 21.9 Å². The molecule has 7 heteroatoms. The fraction of sp³-hybridized carbons (Fsp3) is 0.529. The standard InChI is InChI=1S/C17H22N4O3/c1-3-17(4-2)5-7-21(8-6-17)15(23)11-9-12-13(18-10-11)19-16(24)20-14(12)22/h9-10H,3-8H2,1-2H3,(H2,18,19,20,22,24). The van der Waals surface area contributed by atoms with Gasteiger partial charge in [-0.05, 0) is 24.3 Å². The Morgan fingerprint density at radius 3 is 2.50 bits per heavy atom. The van der Waals surface area contributed by atoms with E-state index in [9.17, 15) is 14.4 Å². The first-order valence-electron chi connectivity index (χ1n) is 8.39. The van der Waals surface area contributed by atoms with Crippen LogP contribution in [0.3, 0.4) is 0 Å². The molecule has 1 fully saturated rings. The Hall–Kier alpha value is -2.44. The number of aromatic amines is 2. The van der Waals surface area contributed by atoms with Gasteiger partial charge in [0.25, 0.3) is 11.5 Å². The van der Waals surface area contributed by atoms with E-state index in [1.807, 2.05) is 4.90 Å². The van der Waals surface area contributed by atoms with Crippen LogP contribution < -0.4 is 11.2 Å². The number of nitrogens with zero attached hydrogens (tertiary/aromatic N) is 2. The van der Waals surface area contributed by atoms with E-state index in [2.05, 4.69) is 28.8 Å². The van der Waals surface area contributed by atoms with Crippen LogP contribution >= 0.6 is 0 Å². The molecule has 1 amide bonds. The molecular weight excluding hydrogens is 308 g/mol. The number of piperidine rings is 1. The molecule has 2 N–H and O–H groups in total. The Morgan fingerprint density at radius 2 is 1.88 bits per heavy atom. The summed E-state index contributed by atoms with van der Waals surface area (Å²) in [6, 6.07) is 1.50. The second-order valence-electron chi connectivity index (χ2n) is 6.53. The SMILES string of the molecule is CCC1(CC)CCN(C(=O)c2cnc3[nH]c(=O)[nH]c(=O)c3c2)CC1. The fourth-order valence-electron chi connectivity index (χ4n) is 3.49. The quantitative estimate of drug-likeness (QED) is 0.894. The van der Waals surface area contributed by atoms with Gasteiger partial charge in [0.2, 0.25) is 0 Å². The van der Waals surface area contributed by atoms with Gasteiger partial charge in [-0.25, -0.2) is 9.78 Å². The number of fused-ring (bicyclic) bond motifs is 1. The molecule has 0 spiro atoms. The van der Waals surface area contributed by atoms with E-state index in [-0.39, 0.29) is 16.9 Å². The van der Waals surface area contributed by atoms with Gasteiger partial charge in [-0.15, -0.1) is 0 Å². The number of hydrogen-bond acceptors (Lipinski definition) is 4. The van der Waals surface area contributed by atoms with Crippen molar-refractivity contribution in [1.29, 1.82) is 0 Å². The Kier molecular flexibility index (Phi) is 4.26. The van der Waals surface area contributed by atoms with E-state index in [1.54, 1.807) is 0 Å². The van der Waals surface area contributed by atoms with Crippen molar-refractivity contribution < 1.29 is 4.79 Å². The number of hydrogen-bond donors (Lipinski definition) is 2. The number of carbonyl (C=O) groups is 1. The maximum Gasteiger partial charge on any atom is 0.327 e.